The van der Waals surface area contributed by atoms with Crippen LogP contribution in [0.1, 0.15) is 59.8 Å². The van der Waals surface area contributed by atoms with E-state index in [0.717, 1.165) is 12.3 Å². The molecule has 0 heteroatoms. The van der Waals surface area contributed by atoms with E-state index < -0.39 is 0 Å². The van der Waals surface area contributed by atoms with Gasteiger partial charge in [0.05, 0.1) is 0 Å². The van der Waals surface area contributed by atoms with Crippen LogP contribution < -0.4 is 0 Å². The highest BCUT2D eigenvalue weighted by molar-refractivity contribution is 4.78. The van der Waals surface area contributed by atoms with Crippen molar-refractivity contribution in [1.82, 2.24) is 0 Å². The lowest BCUT2D eigenvalue weighted by atomic mass is 9.74. The molecule has 0 aromatic heterocycles. The van der Waals surface area contributed by atoms with Crippen LogP contribution in [0.2, 0.25) is 0 Å². The minimum atomic E-state index is 0.513. The number of hydrogen-bond donors (Lipinski definition) is 0. The summed E-state index contributed by atoms with van der Waals surface area (Å²) in [4.78, 5) is 0. The Bertz CT molecular complexity index is 133. The van der Waals surface area contributed by atoms with Gasteiger partial charge in [-0.05, 0) is 30.6 Å². The van der Waals surface area contributed by atoms with Gasteiger partial charge in [0.25, 0.3) is 0 Å². The fourth-order valence-corrected chi connectivity index (χ4v) is 1.64. The quantitative estimate of drug-likeness (QED) is 0.496. The van der Waals surface area contributed by atoms with Gasteiger partial charge >= 0.3 is 0 Å². The number of unbranched alkanes of at least 4 members (excludes halogenated alkanes) is 1. The molecule has 0 N–H and O–H groups in total. The third kappa shape index (κ3) is 5.13. The van der Waals surface area contributed by atoms with Crippen LogP contribution in [0, 0.1) is 11.3 Å². The van der Waals surface area contributed by atoms with Gasteiger partial charge in [0, 0.05) is 0 Å². The Morgan fingerprint density at radius 1 is 1.38 bits per heavy atom. The number of allylic oxidation sites excluding steroid dienone is 1. The molecule has 0 rings (SSSR count). The molecule has 0 aliphatic heterocycles. The Labute approximate surface area is 84.4 Å². The van der Waals surface area contributed by atoms with Gasteiger partial charge in [-0.2, -0.15) is 0 Å². The number of hydrogen-bond acceptors (Lipinski definition) is 0. The molecule has 1 unspecified atom stereocenters. The van der Waals surface area contributed by atoms with E-state index in [2.05, 4.69) is 34.3 Å². The first-order valence-corrected chi connectivity index (χ1v) is 5.65. The second-order valence-electron chi connectivity index (χ2n) is 4.86. The summed E-state index contributed by atoms with van der Waals surface area (Å²) in [6.07, 6.45) is 8.54. The van der Waals surface area contributed by atoms with Crippen molar-refractivity contribution in [3.05, 3.63) is 12.7 Å². The van der Waals surface area contributed by atoms with Crippen molar-refractivity contribution in [2.75, 3.05) is 0 Å². The predicted octanol–water partition coefficient (Wildman–Crippen LogP) is 4.81. The third-order valence-electron chi connectivity index (χ3n) is 3.31. The van der Waals surface area contributed by atoms with Crippen LogP contribution in [0.15, 0.2) is 12.7 Å². The van der Waals surface area contributed by atoms with E-state index in [0.29, 0.717) is 5.41 Å². The Balaban J connectivity index is 3.86. The molecule has 0 aliphatic rings. The molecule has 0 fully saturated rings. The molecule has 0 radical (unpaired) electrons. The normalized spacial score (nSPS) is 14.2. The topological polar surface area (TPSA) is 0 Å². The lowest BCUT2D eigenvalue weighted by Crippen LogP contribution is -2.21. The Hall–Kier alpha value is -0.260. The lowest BCUT2D eigenvalue weighted by Gasteiger charge is -2.31. The summed E-state index contributed by atoms with van der Waals surface area (Å²) < 4.78 is 0. The SMILES string of the molecule is C=CCCC(C)C(C)(C)CCCC. The van der Waals surface area contributed by atoms with Crippen molar-refractivity contribution in [3.63, 3.8) is 0 Å². The van der Waals surface area contributed by atoms with E-state index in [1.165, 1.54) is 25.7 Å². The molecule has 13 heavy (non-hydrogen) atoms. The van der Waals surface area contributed by atoms with Crippen LogP contribution in [0.25, 0.3) is 0 Å². The van der Waals surface area contributed by atoms with Crippen molar-refractivity contribution in [2.45, 2.75) is 59.8 Å². The van der Waals surface area contributed by atoms with Gasteiger partial charge in [0.15, 0.2) is 0 Å². The molecular formula is C13H26. The average Bonchev–Trinajstić information content (AvgIpc) is 2.10. The molecule has 0 aromatic rings. The smallest absolute Gasteiger partial charge is 0.0328 e. The maximum Gasteiger partial charge on any atom is -0.0328 e. The van der Waals surface area contributed by atoms with Crippen LogP contribution in [0.3, 0.4) is 0 Å². The highest BCUT2D eigenvalue weighted by Crippen LogP contribution is 2.35. The van der Waals surface area contributed by atoms with Crippen LogP contribution in [0.5, 0.6) is 0 Å². The van der Waals surface area contributed by atoms with E-state index in [1.54, 1.807) is 0 Å². The third-order valence-corrected chi connectivity index (χ3v) is 3.31. The highest BCUT2D eigenvalue weighted by atomic mass is 14.3. The van der Waals surface area contributed by atoms with E-state index in [1.807, 2.05) is 6.08 Å². The second kappa shape index (κ2) is 6.23. The van der Waals surface area contributed by atoms with Crippen molar-refractivity contribution >= 4 is 0 Å². The first-order valence-electron chi connectivity index (χ1n) is 5.65. The molecule has 0 aromatic carbocycles. The first-order chi connectivity index (χ1) is 6.04. The second-order valence-corrected chi connectivity index (χ2v) is 4.86. The van der Waals surface area contributed by atoms with E-state index in [-0.39, 0.29) is 0 Å². The summed E-state index contributed by atoms with van der Waals surface area (Å²) in [6.45, 7) is 13.2. The van der Waals surface area contributed by atoms with Gasteiger partial charge in [-0.15, -0.1) is 6.58 Å². The molecule has 0 heterocycles. The van der Waals surface area contributed by atoms with Crippen LogP contribution in [-0.4, -0.2) is 0 Å². The van der Waals surface area contributed by atoms with Crippen LogP contribution >= 0.6 is 0 Å². The van der Waals surface area contributed by atoms with E-state index >= 15 is 0 Å². The Morgan fingerprint density at radius 2 is 2.00 bits per heavy atom. The summed E-state index contributed by atoms with van der Waals surface area (Å²) in [6, 6.07) is 0. The maximum absolute atomic E-state index is 3.78. The first kappa shape index (κ1) is 12.7. The Morgan fingerprint density at radius 3 is 2.46 bits per heavy atom. The molecule has 0 bridgehead atoms. The molecule has 78 valence electrons. The van der Waals surface area contributed by atoms with Gasteiger partial charge in [0.2, 0.25) is 0 Å². The Kier molecular flexibility index (Phi) is 6.11. The summed E-state index contributed by atoms with van der Waals surface area (Å²) in [5, 5.41) is 0. The summed E-state index contributed by atoms with van der Waals surface area (Å²) >= 11 is 0. The molecule has 0 aliphatic carbocycles. The molecule has 0 spiro atoms. The lowest BCUT2D eigenvalue weighted by molar-refractivity contribution is 0.196. The molecule has 0 saturated heterocycles. The minimum Gasteiger partial charge on any atom is -0.103 e. The zero-order valence-electron chi connectivity index (χ0n) is 9.90. The minimum absolute atomic E-state index is 0.513. The molecule has 0 nitrogen and oxygen atoms in total. The zero-order chi connectivity index (χ0) is 10.3. The van der Waals surface area contributed by atoms with E-state index in [9.17, 15) is 0 Å². The van der Waals surface area contributed by atoms with Crippen molar-refractivity contribution in [3.8, 4) is 0 Å². The molecule has 1 atom stereocenters. The molecule has 0 amide bonds. The fourth-order valence-electron chi connectivity index (χ4n) is 1.64. The zero-order valence-corrected chi connectivity index (χ0v) is 9.90. The van der Waals surface area contributed by atoms with Crippen LogP contribution in [0.4, 0.5) is 0 Å². The fraction of sp³-hybridized carbons (Fsp3) is 0.846. The highest BCUT2D eigenvalue weighted by Gasteiger charge is 2.23. The standard InChI is InChI=1S/C13H26/c1-6-8-10-12(3)13(4,5)11-9-7-2/h6,12H,1,7-11H2,2-5H3. The van der Waals surface area contributed by atoms with Crippen LogP contribution in [-0.2, 0) is 0 Å². The van der Waals surface area contributed by atoms with Gasteiger partial charge in [-0.1, -0.05) is 46.6 Å². The predicted molar refractivity (Wildman–Crippen MR) is 61.9 cm³/mol. The van der Waals surface area contributed by atoms with E-state index in [4.69, 9.17) is 0 Å². The summed E-state index contributed by atoms with van der Waals surface area (Å²) in [5.74, 6) is 0.817. The monoisotopic (exact) mass is 182 g/mol. The number of rotatable bonds is 7. The van der Waals surface area contributed by atoms with Gasteiger partial charge in [0.1, 0.15) is 0 Å². The largest absolute Gasteiger partial charge is 0.103 e. The van der Waals surface area contributed by atoms with Gasteiger partial charge < -0.3 is 0 Å². The van der Waals surface area contributed by atoms with Gasteiger partial charge in [-0.25, -0.2) is 0 Å². The van der Waals surface area contributed by atoms with Crippen molar-refractivity contribution < 1.29 is 0 Å². The van der Waals surface area contributed by atoms with Gasteiger partial charge in [-0.3, -0.25) is 0 Å². The maximum atomic E-state index is 3.78. The molecular weight excluding hydrogens is 156 g/mol. The van der Waals surface area contributed by atoms with Crippen molar-refractivity contribution in [1.29, 1.82) is 0 Å². The average molecular weight is 182 g/mol. The summed E-state index contributed by atoms with van der Waals surface area (Å²) in [7, 11) is 0. The van der Waals surface area contributed by atoms with Crippen molar-refractivity contribution in [2.24, 2.45) is 11.3 Å². The molecule has 0 saturated carbocycles. The summed E-state index contributed by atoms with van der Waals surface area (Å²) in [5.41, 5.74) is 0.513.